The number of para-hydroxylation sites is 1. The summed E-state index contributed by atoms with van der Waals surface area (Å²) in [6.45, 7) is -0.0252. The van der Waals surface area contributed by atoms with Gasteiger partial charge in [-0.25, -0.2) is 0 Å². The first-order valence-corrected chi connectivity index (χ1v) is 5.64. The van der Waals surface area contributed by atoms with Crippen LogP contribution in [0, 0.1) is 0 Å². The van der Waals surface area contributed by atoms with Gasteiger partial charge in [-0.2, -0.15) is 0 Å². The second kappa shape index (κ2) is 4.49. The van der Waals surface area contributed by atoms with Crippen LogP contribution in [0.15, 0.2) is 41.0 Å². The molecule has 6 heteroatoms. The molecule has 1 aliphatic heterocycles. The van der Waals surface area contributed by atoms with Gasteiger partial charge >= 0.3 is 0 Å². The van der Waals surface area contributed by atoms with Crippen molar-refractivity contribution in [1.82, 2.24) is 0 Å². The maximum atomic E-state index is 11.9. The molecule has 1 aromatic heterocycles. The normalized spacial score (nSPS) is 13.2. The highest BCUT2D eigenvalue weighted by Gasteiger charge is 2.20. The van der Waals surface area contributed by atoms with Crippen LogP contribution in [0.3, 0.4) is 0 Å². The van der Waals surface area contributed by atoms with Crippen LogP contribution in [0.5, 0.6) is 5.75 Å². The molecule has 3 rings (SSSR count). The van der Waals surface area contributed by atoms with Crippen LogP contribution in [0.4, 0.5) is 11.4 Å². The van der Waals surface area contributed by atoms with Gasteiger partial charge in [0.15, 0.2) is 12.4 Å². The molecule has 2 aromatic rings. The lowest BCUT2D eigenvalue weighted by atomic mass is 10.2. The first kappa shape index (κ1) is 11.3. The van der Waals surface area contributed by atoms with Crippen LogP contribution in [0.2, 0.25) is 0 Å². The number of furan rings is 1. The Bertz CT molecular complexity index is 634. The summed E-state index contributed by atoms with van der Waals surface area (Å²) >= 11 is 0. The number of benzene rings is 1. The Morgan fingerprint density at radius 1 is 1.26 bits per heavy atom. The van der Waals surface area contributed by atoms with Gasteiger partial charge in [-0.05, 0) is 24.3 Å². The quantitative estimate of drug-likeness (QED) is 0.861. The lowest BCUT2D eigenvalue weighted by Crippen LogP contribution is -2.26. The summed E-state index contributed by atoms with van der Waals surface area (Å²) in [7, 11) is 0. The number of carbonyl (C=O) groups excluding carboxylic acids is 2. The molecule has 2 amide bonds. The van der Waals surface area contributed by atoms with E-state index in [1.54, 1.807) is 30.3 Å². The van der Waals surface area contributed by atoms with Crippen molar-refractivity contribution < 1.29 is 18.7 Å². The zero-order chi connectivity index (χ0) is 13.2. The van der Waals surface area contributed by atoms with E-state index in [0.717, 1.165) is 0 Å². The fourth-order valence-corrected chi connectivity index (χ4v) is 1.79. The number of amides is 2. The predicted molar refractivity (Wildman–Crippen MR) is 67.2 cm³/mol. The first-order chi connectivity index (χ1) is 9.24. The molecule has 0 radical (unpaired) electrons. The Morgan fingerprint density at radius 3 is 2.95 bits per heavy atom. The second-order valence-corrected chi connectivity index (χ2v) is 3.95. The molecule has 1 aromatic carbocycles. The maximum absolute atomic E-state index is 11.9. The fourth-order valence-electron chi connectivity index (χ4n) is 1.79. The molecule has 0 unspecified atom stereocenters. The minimum atomic E-state index is -0.391. The van der Waals surface area contributed by atoms with Crippen LogP contribution < -0.4 is 15.4 Å². The number of ether oxygens (including phenoxy) is 1. The molecular formula is C13H10N2O4. The fraction of sp³-hybridized carbons (Fsp3) is 0.0769. The van der Waals surface area contributed by atoms with E-state index >= 15 is 0 Å². The number of rotatable bonds is 2. The van der Waals surface area contributed by atoms with Gasteiger partial charge < -0.3 is 19.8 Å². The summed E-state index contributed by atoms with van der Waals surface area (Å²) in [6, 6.07) is 8.31. The van der Waals surface area contributed by atoms with E-state index < -0.39 is 5.91 Å². The largest absolute Gasteiger partial charge is 0.481 e. The molecule has 19 heavy (non-hydrogen) atoms. The standard InChI is InChI=1S/C13H10N2O4/c16-11-7-19-9-4-1-3-8(12(9)15-11)14-13(17)10-5-2-6-18-10/h1-6H,7H2,(H,14,17)(H,15,16). The van der Waals surface area contributed by atoms with Gasteiger partial charge in [0.25, 0.3) is 11.8 Å². The molecule has 0 bridgehead atoms. The lowest BCUT2D eigenvalue weighted by molar-refractivity contribution is -0.118. The van der Waals surface area contributed by atoms with E-state index in [2.05, 4.69) is 10.6 Å². The van der Waals surface area contributed by atoms with Gasteiger partial charge in [-0.1, -0.05) is 6.07 Å². The highest BCUT2D eigenvalue weighted by Crippen LogP contribution is 2.34. The summed E-state index contributed by atoms with van der Waals surface area (Å²) < 4.78 is 10.3. The van der Waals surface area contributed by atoms with Gasteiger partial charge in [0.2, 0.25) is 0 Å². The van der Waals surface area contributed by atoms with Crippen LogP contribution in [0.25, 0.3) is 0 Å². The molecule has 0 saturated carbocycles. The van der Waals surface area contributed by atoms with Crippen molar-refractivity contribution in [3.8, 4) is 5.75 Å². The first-order valence-electron chi connectivity index (χ1n) is 5.64. The Kier molecular flexibility index (Phi) is 2.68. The molecule has 96 valence electrons. The van der Waals surface area contributed by atoms with Crippen molar-refractivity contribution in [3.05, 3.63) is 42.4 Å². The molecule has 0 saturated heterocycles. The molecule has 0 aliphatic carbocycles. The molecular weight excluding hydrogens is 248 g/mol. The average molecular weight is 258 g/mol. The molecule has 0 atom stereocenters. The number of anilines is 2. The SMILES string of the molecule is O=C1COc2cccc(NC(=O)c3ccco3)c2N1. The van der Waals surface area contributed by atoms with Crippen molar-refractivity contribution in [2.45, 2.75) is 0 Å². The predicted octanol–water partition coefficient (Wildman–Crippen LogP) is 1.86. The van der Waals surface area contributed by atoms with Crippen molar-refractivity contribution in [1.29, 1.82) is 0 Å². The summed E-state index contributed by atoms with van der Waals surface area (Å²) in [5.41, 5.74) is 0.922. The Labute approximate surface area is 108 Å². The Balaban J connectivity index is 1.89. The van der Waals surface area contributed by atoms with E-state index in [0.29, 0.717) is 17.1 Å². The number of hydrogen-bond donors (Lipinski definition) is 2. The highest BCUT2D eigenvalue weighted by molar-refractivity contribution is 6.07. The van der Waals surface area contributed by atoms with E-state index in [4.69, 9.17) is 9.15 Å². The zero-order valence-corrected chi connectivity index (χ0v) is 9.80. The molecule has 6 nitrogen and oxygen atoms in total. The Morgan fingerprint density at radius 2 is 2.16 bits per heavy atom. The third kappa shape index (κ3) is 2.15. The van der Waals surface area contributed by atoms with Crippen LogP contribution in [0.1, 0.15) is 10.6 Å². The van der Waals surface area contributed by atoms with E-state index in [-0.39, 0.29) is 18.3 Å². The minimum Gasteiger partial charge on any atom is -0.481 e. The number of hydrogen-bond acceptors (Lipinski definition) is 4. The van der Waals surface area contributed by atoms with Crippen LogP contribution >= 0.6 is 0 Å². The van der Waals surface area contributed by atoms with Gasteiger partial charge in [0.1, 0.15) is 11.4 Å². The third-order valence-electron chi connectivity index (χ3n) is 2.64. The molecule has 0 spiro atoms. The number of fused-ring (bicyclic) bond motifs is 1. The van der Waals surface area contributed by atoms with Gasteiger partial charge in [-0.3, -0.25) is 9.59 Å². The molecule has 2 heterocycles. The van der Waals surface area contributed by atoms with Gasteiger partial charge in [0.05, 0.1) is 12.0 Å². The summed E-state index contributed by atoms with van der Waals surface area (Å²) in [5.74, 6) is 0.0722. The van der Waals surface area contributed by atoms with Crippen molar-refractivity contribution >= 4 is 23.2 Å². The summed E-state index contributed by atoms with van der Waals surface area (Å²) in [4.78, 5) is 23.2. The van der Waals surface area contributed by atoms with E-state index in [1.165, 1.54) is 6.26 Å². The van der Waals surface area contributed by atoms with Gasteiger partial charge in [-0.15, -0.1) is 0 Å². The number of carbonyl (C=O) groups is 2. The van der Waals surface area contributed by atoms with Crippen LogP contribution in [-0.4, -0.2) is 18.4 Å². The van der Waals surface area contributed by atoms with Crippen LogP contribution in [-0.2, 0) is 4.79 Å². The summed E-state index contributed by atoms with van der Waals surface area (Å²) in [5, 5.41) is 5.34. The van der Waals surface area contributed by atoms with Crippen molar-refractivity contribution in [2.24, 2.45) is 0 Å². The number of nitrogens with one attached hydrogen (secondary N) is 2. The topological polar surface area (TPSA) is 80.6 Å². The third-order valence-corrected chi connectivity index (χ3v) is 2.64. The second-order valence-electron chi connectivity index (χ2n) is 3.95. The summed E-state index contributed by atoms with van der Waals surface area (Å²) in [6.07, 6.45) is 1.42. The highest BCUT2D eigenvalue weighted by atomic mass is 16.5. The maximum Gasteiger partial charge on any atom is 0.291 e. The molecule has 1 aliphatic rings. The molecule has 2 N–H and O–H groups in total. The monoisotopic (exact) mass is 258 g/mol. The zero-order valence-electron chi connectivity index (χ0n) is 9.80. The van der Waals surface area contributed by atoms with Crippen molar-refractivity contribution in [2.75, 3.05) is 17.2 Å². The van der Waals surface area contributed by atoms with Gasteiger partial charge in [0, 0.05) is 0 Å². The minimum absolute atomic E-state index is 0.0252. The Hall–Kier alpha value is -2.76. The van der Waals surface area contributed by atoms with Crippen molar-refractivity contribution in [3.63, 3.8) is 0 Å². The molecule has 0 fully saturated rings. The smallest absolute Gasteiger partial charge is 0.291 e. The van der Waals surface area contributed by atoms with E-state index in [1.807, 2.05) is 0 Å². The average Bonchev–Trinajstić information content (AvgIpc) is 2.93. The van der Waals surface area contributed by atoms with E-state index in [9.17, 15) is 9.59 Å². The lowest BCUT2D eigenvalue weighted by Gasteiger charge is -2.20.